The number of halogens is 2. The fourth-order valence-electron chi connectivity index (χ4n) is 3.55. The molecule has 0 radical (unpaired) electrons. The van der Waals surface area contributed by atoms with E-state index in [9.17, 15) is 13.6 Å². The fraction of sp³-hybridized carbons (Fsp3) is 0.476. The molecule has 30 heavy (non-hydrogen) atoms. The topological polar surface area (TPSA) is 56.0 Å². The van der Waals surface area contributed by atoms with Crippen LogP contribution in [0.15, 0.2) is 46.6 Å². The zero-order valence-electron chi connectivity index (χ0n) is 17.6. The predicted octanol–water partition coefficient (Wildman–Crippen LogP) is 4.40. The Balaban J connectivity index is 1.94. The van der Waals surface area contributed by atoms with Crippen LogP contribution in [0.3, 0.4) is 0 Å². The van der Waals surface area contributed by atoms with E-state index in [0.717, 1.165) is 4.57 Å². The molecule has 0 saturated heterocycles. The first-order valence-corrected chi connectivity index (χ1v) is 11.0. The van der Waals surface area contributed by atoms with Gasteiger partial charge in [-0.05, 0) is 39.8 Å². The van der Waals surface area contributed by atoms with E-state index in [1.54, 1.807) is 16.7 Å². The highest BCUT2D eigenvalue weighted by Crippen LogP contribution is 2.24. The van der Waals surface area contributed by atoms with Gasteiger partial charge in [-0.2, -0.15) is 8.78 Å². The van der Waals surface area contributed by atoms with Gasteiger partial charge in [0.05, 0.1) is 16.7 Å². The predicted molar refractivity (Wildman–Crippen MR) is 116 cm³/mol. The zero-order valence-corrected chi connectivity index (χ0v) is 18.4. The molecule has 2 heterocycles. The van der Waals surface area contributed by atoms with Crippen LogP contribution < -0.4 is 5.56 Å². The number of benzene rings is 1. The average molecular weight is 436 g/mol. The van der Waals surface area contributed by atoms with Gasteiger partial charge in [-0.3, -0.25) is 18.8 Å². The quantitative estimate of drug-likeness (QED) is 0.368. The molecule has 0 spiro atoms. The van der Waals surface area contributed by atoms with Gasteiger partial charge in [0.25, 0.3) is 5.56 Å². The molecule has 9 heteroatoms. The molecule has 0 amide bonds. The number of rotatable bonds is 9. The molecule has 0 bridgehead atoms. The first-order chi connectivity index (χ1) is 14.3. The van der Waals surface area contributed by atoms with E-state index < -0.39 is 6.55 Å². The first-order valence-electron chi connectivity index (χ1n) is 9.97. The van der Waals surface area contributed by atoms with Crippen LogP contribution in [-0.4, -0.2) is 42.6 Å². The summed E-state index contributed by atoms with van der Waals surface area (Å²) in [5.41, 5.74) is 0.482. The van der Waals surface area contributed by atoms with Crippen LogP contribution in [0.2, 0.25) is 0 Å². The monoisotopic (exact) mass is 435 g/mol. The Morgan fingerprint density at radius 3 is 2.50 bits per heavy atom. The largest absolute Gasteiger partial charge is 0.319 e. The number of hydrogen-bond donors (Lipinski definition) is 0. The van der Waals surface area contributed by atoms with Gasteiger partial charge in [-0.1, -0.05) is 23.9 Å². The smallest absolute Gasteiger partial charge is 0.297 e. The van der Waals surface area contributed by atoms with Gasteiger partial charge >= 0.3 is 6.55 Å². The van der Waals surface area contributed by atoms with Gasteiger partial charge in [0, 0.05) is 37.6 Å². The molecule has 3 rings (SSSR count). The van der Waals surface area contributed by atoms with Gasteiger partial charge in [0.2, 0.25) is 0 Å². The lowest BCUT2D eigenvalue weighted by molar-refractivity contribution is 0.0678. The van der Waals surface area contributed by atoms with Crippen molar-refractivity contribution < 1.29 is 8.78 Å². The lowest BCUT2D eigenvalue weighted by atomic mass is 10.2. The summed E-state index contributed by atoms with van der Waals surface area (Å²) in [6.07, 6.45) is 2.61. The maximum Gasteiger partial charge on any atom is 0.319 e. The number of para-hydroxylation sites is 1. The van der Waals surface area contributed by atoms with E-state index in [4.69, 9.17) is 0 Å². The summed E-state index contributed by atoms with van der Waals surface area (Å²) in [6, 6.07) is 7.88. The summed E-state index contributed by atoms with van der Waals surface area (Å²) in [5.74, 6) is 0.440. The van der Waals surface area contributed by atoms with Crippen molar-refractivity contribution in [3.63, 3.8) is 0 Å². The molecule has 1 aromatic carbocycles. The second-order valence-electron chi connectivity index (χ2n) is 7.61. The van der Waals surface area contributed by atoms with E-state index in [0.29, 0.717) is 41.2 Å². The molecule has 0 aliphatic rings. The summed E-state index contributed by atoms with van der Waals surface area (Å²) >= 11 is 1.25. The number of thioether (sulfide) groups is 1. The fourth-order valence-corrected chi connectivity index (χ4v) is 4.52. The van der Waals surface area contributed by atoms with E-state index in [1.165, 1.54) is 24.2 Å². The van der Waals surface area contributed by atoms with E-state index in [2.05, 4.69) is 42.6 Å². The van der Waals surface area contributed by atoms with Gasteiger partial charge in [-0.15, -0.1) is 0 Å². The highest BCUT2D eigenvalue weighted by molar-refractivity contribution is 7.98. The maximum atomic E-state index is 13.2. The SMILES string of the molecule is CC(C)N(CCn1c(SCc2nccn2C(F)F)nc2ccccc2c1=O)C(C)C. The minimum Gasteiger partial charge on any atom is -0.297 e. The molecule has 6 nitrogen and oxygen atoms in total. The first kappa shape index (κ1) is 22.4. The van der Waals surface area contributed by atoms with Crippen LogP contribution in [0.25, 0.3) is 10.9 Å². The second kappa shape index (κ2) is 9.70. The Bertz CT molecular complexity index is 1040. The normalized spacial score (nSPS) is 12.2. The Hall–Kier alpha value is -2.26. The molecule has 0 N–H and O–H groups in total. The van der Waals surface area contributed by atoms with Gasteiger partial charge in [-0.25, -0.2) is 9.97 Å². The molecule has 3 aromatic rings. The minimum atomic E-state index is -2.65. The van der Waals surface area contributed by atoms with Crippen LogP contribution in [0.1, 0.15) is 40.1 Å². The van der Waals surface area contributed by atoms with Gasteiger partial charge in [0.15, 0.2) is 5.16 Å². The number of aromatic nitrogens is 4. The van der Waals surface area contributed by atoms with Gasteiger partial charge < -0.3 is 0 Å². The second-order valence-corrected chi connectivity index (χ2v) is 8.55. The van der Waals surface area contributed by atoms with E-state index >= 15 is 0 Å². The van der Waals surface area contributed by atoms with Crippen LogP contribution >= 0.6 is 11.8 Å². The van der Waals surface area contributed by atoms with Gasteiger partial charge in [0.1, 0.15) is 5.82 Å². The van der Waals surface area contributed by atoms with Crippen molar-refractivity contribution in [2.45, 2.75) is 63.8 Å². The number of imidazole rings is 1. The Morgan fingerprint density at radius 1 is 1.13 bits per heavy atom. The molecular weight excluding hydrogens is 408 g/mol. The molecule has 0 aliphatic heterocycles. The van der Waals surface area contributed by atoms with Crippen molar-refractivity contribution in [1.29, 1.82) is 0 Å². The molecule has 0 fully saturated rings. The molecule has 2 aromatic heterocycles. The van der Waals surface area contributed by atoms with Crippen molar-refractivity contribution >= 4 is 22.7 Å². The van der Waals surface area contributed by atoms with E-state index in [1.807, 2.05) is 12.1 Å². The number of alkyl halides is 2. The van der Waals surface area contributed by atoms with Crippen LogP contribution in [0.5, 0.6) is 0 Å². The summed E-state index contributed by atoms with van der Waals surface area (Å²) in [7, 11) is 0. The molecule has 162 valence electrons. The van der Waals surface area contributed by atoms with Crippen LogP contribution in [0.4, 0.5) is 8.78 Å². The molecule has 0 unspecified atom stereocenters. The summed E-state index contributed by atoms with van der Waals surface area (Å²) in [4.78, 5) is 24.2. The molecule has 0 atom stereocenters. The van der Waals surface area contributed by atoms with E-state index in [-0.39, 0.29) is 17.1 Å². The number of hydrogen-bond acceptors (Lipinski definition) is 5. The lowest BCUT2D eigenvalue weighted by Crippen LogP contribution is -2.40. The standard InChI is InChI=1S/C21H27F2N5OS/c1-14(2)26(15(3)4)11-12-28-19(29)16-7-5-6-8-17(16)25-21(28)30-13-18-24-9-10-27(18)20(22)23/h5-10,14-15,20H,11-13H2,1-4H3. The summed E-state index contributed by atoms with van der Waals surface area (Å²) < 4.78 is 28.8. The summed E-state index contributed by atoms with van der Waals surface area (Å²) in [6.45, 7) is 7.01. The van der Waals surface area contributed by atoms with Crippen molar-refractivity contribution in [3.8, 4) is 0 Å². The van der Waals surface area contributed by atoms with Crippen molar-refractivity contribution in [3.05, 3.63) is 52.8 Å². The third-order valence-corrected chi connectivity index (χ3v) is 6.00. The van der Waals surface area contributed by atoms with Crippen LogP contribution in [0, 0.1) is 0 Å². The Kier molecular flexibility index (Phi) is 7.25. The van der Waals surface area contributed by atoms with Crippen LogP contribution in [-0.2, 0) is 12.3 Å². The minimum absolute atomic E-state index is 0.118. The number of nitrogens with zero attached hydrogens (tertiary/aromatic N) is 5. The van der Waals surface area contributed by atoms with Crippen molar-refractivity contribution in [2.75, 3.05) is 6.54 Å². The molecule has 0 saturated carbocycles. The molecule has 0 aliphatic carbocycles. The zero-order chi connectivity index (χ0) is 21.8. The maximum absolute atomic E-state index is 13.2. The highest BCUT2D eigenvalue weighted by atomic mass is 32.2. The highest BCUT2D eigenvalue weighted by Gasteiger charge is 2.18. The Morgan fingerprint density at radius 2 is 1.83 bits per heavy atom. The van der Waals surface area contributed by atoms with Crippen molar-refractivity contribution in [2.24, 2.45) is 0 Å². The molecular formula is C21H27F2N5OS. The average Bonchev–Trinajstić information content (AvgIpc) is 3.16. The third kappa shape index (κ3) is 4.89. The third-order valence-electron chi connectivity index (χ3n) is 5.02. The number of fused-ring (bicyclic) bond motifs is 1. The Labute approximate surface area is 178 Å². The van der Waals surface area contributed by atoms with Crippen molar-refractivity contribution in [1.82, 2.24) is 24.0 Å². The summed E-state index contributed by atoms with van der Waals surface area (Å²) in [5, 5.41) is 1.06. The lowest BCUT2D eigenvalue weighted by Gasteiger charge is -2.30.